The molecule has 0 radical (unpaired) electrons. The molecule has 3 heteroatoms. The van der Waals surface area contributed by atoms with Crippen molar-refractivity contribution in [3.63, 3.8) is 0 Å². The third-order valence-electron chi connectivity index (χ3n) is 5.96. The van der Waals surface area contributed by atoms with Gasteiger partial charge in [-0.25, -0.2) is 0 Å². The Balaban J connectivity index is 2.30. The van der Waals surface area contributed by atoms with Crippen LogP contribution >= 0.6 is 0 Å². The van der Waals surface area contributed by atoms with E-state index in [1.165, 1.54) is 30.4 Å². The summed E-state index contributed by atoms with van der Waals surface area (Å²) in [7, 11) is 3.24. The number of fused-ring (bicyclic) bond motifs is 4. The molecule has 0 amide bonds. The van der Waals surface area contributed by atoms with Gasteiger partial charge in [-0.15, -0.1) is 0 Å². The number of rotatable bonds is 2. The first-order valence-corrected chi connectivity index (χ1v) is 7.90. The molecular weight excluding hydrogens is 264 g/mol. The minimum atomic E-state index is 0.0975. The summed E-state index contributed by atoms with van der Waals surface area (Å²) in [6, 6.07) is 2.03. The van der Waals surface area contributed by atoms with Gasteiger partial charge in [-0.05, 0) is 54.1 Å². The Morgan fingerprint density at radius 2 is 1.90 bits per heavy atom. The van der Waals surface area contributed by atoms with Crippen molar-refractivity contribution in [1.82, 2.24) is 0 Å². The van der Waals surface area contributed by atoms with Crippen LogP contribution in [0.3, 0.4) is 0 Å². The maximum absolute atomic E-state index is 10.4. The number of methoxy groups -OCH3 is 2. The van der Waals surface area contributed by atoms with Gasteiger partial charge in [0.05, 0.1) is 14.2 Å². The third-order valence-corrected chi connectivity index (χ3v) is 5.96. The van der Waals surface area contributed by atoms with Gasteiger partial charge in [0.1, 0.15) is 0 Å². The summed E-state index contributed by atoms with van der Waals surface area (Å²) < 4.78 is 11.0. The van der Waals surface area contributed by atoms with E-state index in [1.54, 1.807) is 14.2 Å². The lowest BCUT2D eigenvalue weighted by Crippen LogP contribution is -2.40. The number of benzene rings is 1. The lowest BCUT2D eigenvalue weighted by atomic mass is 9.55. The first kappa shape index (κ1) is 14.6. The second-order valence-corrected chi connectivity index (χ2v) is 7.24. The smallest absolute Gasteiger partial charge is 0.201 e. The highest BCUT2D eigenvalue weighted by atomic mass is 16.5. The van der Waals surface area contributed by atoms with Gasteiger partial charge < -0.3 is 14.6 Å². The zero-order valence-electron chi connectivity index (χ0n) is 13.7. The largest absolute Gasteiger partial charge is 0.502 e. The van der Waals surface area contributed by atoms with Crippen LogP contribution in [0.25, 0.3) is 0 Å². The number of hydrogen-bond donors (Lipinski definition) is 1. The summed E-state index contributed by atoms with van der Waals surface area (Å²) in [5, 5.41) is 10.4. The fraction of sp³-hybridized carbons (Fsp3) is 0.667. The molecule has 1 aromatic carbocycles. The fourth-order valence-electron chi connectivity index (χ4n) is 4.50. The van der Waals surface area contributed by atoms with E-state index in [0.29, 0.717) is 29.3 Å². The van der Waals surface area contributed by atoms with Gasteiger partial charge in [-0.3, -0.25) is 0 Å². The second-order valence-electron chi connectivity index (χ2n) is 7.24. The van der Waals surface area contributed by atoms with Crippen LogP contribution in [-0.2, 0) is 5.41 Å². The van der Waals surface area contributed by atoms with Crippen LogP contribution in [0.2, 0.25) is 0 Å². The molecule has 21 heavy (non-hydrogen) atoms. The number of phenolic OH excluding ortho intramolecular Hbond substituents is 1. The molecule has 1 N–H and O–H groups in total. The zero-order valence-corrected chi connectivity index (χ0v) is 13.7. The normalized spacial score (nSPS) is 29.7. The molecule has 0 aliphatic heterocycles. The van der Waals surface area contributed by atoms with Crippen molar-refractivity contribution in [2.45, 2.75) is 51.4 Å². The van der Waals surface area contributed by atoms with Gasteiger partial charge in [0.25, 0.3) is 0 Å². The van der Waals surface area contributed by atoms with Crippen LogP contribution in [0.5, 0.6) is 17.2 Å². The van der Waals surface area contributed by atoms with Crippen LogP contribution in [0.15, 0.2) is 6.07 Å². The van der Waals surface area contributed by atoms with Gasteiger partial charge in [0, 0.05) is 5.56 Å². The highest BCUT2D eigenvalue weighted by Gasteiger charge is 2.47. The Kier molecular flexibility index (Phi) is 3.34. The molecule has 2 bridgehead atoms. The van der Waals surface area contributed by atoms with E-state index in [-0.39, 0.29) is 11.2 Å². The number of hydrogen-bond acceptors (Lipinski definition) is 3. The maximum atomic E-state index is 10.4. The van der Waals surface area contributed by atoms with E-state index in [2.05, 4.69) is 20.8 Å². The van der Waals surface area contributed by atoms with Crippen LogP contribution in [0, 0.1) is 11.8 Å². The summed E-state index contributed by atoms with van der Waals surface area (Å²) in [5.74, 6) is 3.10. The van der Waals surface area contributed by atoms with Crippen molar-refractivity contribution in [2.24, 2.45) is 11.8 Å². The average molecular weight is 290 g/mol. The molecular formula is C18H26O3. The Morgan fingerprint density at radius 3 is 2.52 bits per heavy atom. The van der Waals surface area contributed by atoms with E-state index in [1.807, 2.05) is 6.07 Å². The van der Waals surface area contributed by atoms with E-state index in [0.717, 1.165) is 0 Å². The van der Waals surface area contributed by atoms with Crippen molar-refractivity contribution in [3.05, 3.63) is 17.2 Å². The molecule has 3 nitrogen and oxygen atoms in total. The molecule has 0 saturated heterocycles. The molecule has 1 fully saturated rings. The quantitative estimate of drug-likeness (QED) is 0.886. The molecule has 3 rings (SSSR count). The minimum Gasteiger partial charge on any atom is -0.502 e. The van der Waals surface area contributed by atoms with Crippen LogP contribution in [-0.4, -0.2) is 19.3 Å². The van der Waals surface area contributed by atoms with E-state index in [9.17, 15) is 5.11 Å². The molecule has 1 saturated carbocycles. The van der Waals surface area contributed by atoms with Crippen molar-refractivity contribution in [1.29, 1.82) is 0 Å². The SMILES string of the molecule is COc1cc2c(c(OC)c1O)[C@@H]1C[C@@H](CC[C@H]1C)C2(C)C. The molecule has 2 aliphatic carbocycles. The Morgan fingerprint density at radius 1 is 1.19 bits per heavy atom. The lowest BCUT2D eigenvalue weighted by molar-refractivity contribution is 0.149. The summed E-state index contributed by atoms with van der Waals surface area (Å²) in [6.45, 7) is 6.96. The Labute approximate surface area is 127 Å². The van der Waals surface area contributed by atoms with Gasteiger partial charge in [-0.2, -0.15) is 0 Å². The summed E-state index contributed by atoms with van der Waals surface area (Å²) in [4.78, 5) is 0. The van der Waals surface area contributed by atoms with Crippen LogP contribution in [0.1, 0.15) is 57.1 Å². The van der Waals surface area contributed by atoms with Gasteiger partial charge in [0.15, 0.2) is 11.5 Å². The number of phenols is 1. The van der Waals surface area contributed by atoms with E-state index < -0.39 is 0 Å². The molecule has 0 unspecified atom stereocenters. The van der Waals surface area contributed by atoms with Crippen molar-refractivity contribution in [2.75, 3.05) is 14.2 Å². The summed E-state index contributed by atoms with van der Waals surface area (Å²) >= 11 is 0. The first-order chi connectivity index (χ1) is 9.91. The lowest BCUT2D eigenvalue weighted by Gasteiger charge is -2.50. The molecule has 2 aliphatic rings. The molecule has 116 valence electrons. The van der Waals surface area contributed by atoms with Crippen molar-refractivity contribution in [3.8, 4) is 17.2 Å². The van der Waals surface area contributed by atoms with Gasteiger partial charge in [-0.1, -0.05) is 20.8 Å². The third kappa shape index (κ3) is 1.93. The van der Waals surface area contributed by atoms with Crippen LogP contribution in [0.4, 0.5) is 0 Å². The van der Waals surface area contributed by atoms with Crippen LogP contribution < -0.4 is 9.47 Å². The number of ether oxygens (including phenoxy) is 2. The Bertz CT molecular complexity index is 562. The number of aromatic hydroxyl groups is 1. The molecule has 0 aromatic heterocycles. The molecule has 1 aromatic rings. The second kappa shape index (κ2) is 4.82. The van der Waals surface area contributed by atoms with Gasteiger partial charge in [0.2, 0.25) is 5.75 Å². The summed E-state index contributed by atoms with van der Waals surface area (Å²) in [5.41, 5.74) is 2.60. The summed E-state index contributed by atoms with van der Waals surface area (Å²) in [6.07, 6.45) is 3.74. The van der Waals surface area contributed by atoms with Crippen molar-refractivity contribution < 1.29 is 14.6 Å². The standard InChI is InChI=1S/C18H26O3/c1-10-6-7-11-8-12(10)15-13(18(11,2)3)9-14(20-4)16(19)17(15)21-5/h9-12,19H,6-8H2,1-5H3/t10-,11-,12-/m1/s1. The predicted molar refractivity (Wildman–Crippen MR) is 83.5 cm³/mol. The average Bonchev–Trinajstić information content (AvgIpc) is 2.46. The highest BCUT2D eigenvalue weighted by molar-refractivity contribution is 5.62. The zero-order chi connectivity index (χ0) is 15.4. The van der Waals surface area contributed by atoms with Crippen molar-refractivity contribution >= 4 is 0 Å². The topological polar surface area (TPSA) is 38.7 Å². The molecule has 3 atom stereocenters. The molecule has 0 heterocycles. The van der Waals surface area contributed by atoms with E-state index in [4.69, 9.17) is 9.47 Å². The monoisotopic (exact) mass is 290 g/mol. The van der Waals surface area contributed by atoms with E-state index >= 15 is 0 Å². The maximum Gasteiger partial charge on any atom is 0.201 e. The molecule has 0 spiro atoms. The Hall–Kier alpha value is -1.38. The minimum absolute atomic E-state index is 0.0975. The predicted octanol–water partition coefficient (Wildman–Crippen LogP) is 4.22. The fourth-order valence-corrected chi connectivity index (χ4v) is 4.50. The van der Waals surface area contributed by atoms with Gasteiger partial charge >= 0.3 is 0 Å². The highest BCUT2D eigenvalue weighted by Crippen LogP contribution is 2.59. The first-order valence-electron chi connectivity index (χ1n) is 7.90.